The highest BCUT2D eigenvalue weighted by molar-refractivity contribution is 8.76. The second-order valence-corrected chi connectivity index (χ2v) is 6.20. The maximum atomic E-state index is 11.0. The van der Waals surface area contributed by atoms with E-state index in [1.165, 1.54) is 6.42 Å². The fraction of sp³-hybridized carbons (Fsp3) is 0.889. The quantitative estimate of drug-likeness (QED) is 0.563. The van der Waals surface area contributed by atoms with E-state index in [1.54, 1.807) is 21.6 Å². The van der Waals surface area contributed by atoms with E-state index in [1.807, 2.05) is 0 Å². The Bertz CT molecular complexity index is 190. The third kappa shape index (κ3) is 3.71. The second kappa shape index (κ2) is 6.58. The number of rotatable bonds is 5. The van der Waals surface area contributed by atoms with Gasteiger partial charge in [0, 0.05) is 17.5 Å². The van der Waals surface area contributed by atoms with Gasteiger partial charge in [0.05, 0.1) is 5.92 Å². The summed E-state index contributed by atoms with van der Waals surface area (Å²) in [6.07, 6.45) is 4.12. The first-order valence-corrected chi connectivity index (χ1v) is 7.35. The van der Waals surface area contributed by atoms with Crippen molar-refractivity contribution in [3.05, 3.63) is 0 Å². The van der Waals surface area contributed by atoms with Gasteiger partial charge in [0.1, 0.15) is 0 Å². The molecular weight excluding hydrogens is 218 g/mol. The smallest absolute Gasteiger partial charge is 0.307 e. The summed E-state index contributed by atoms with van der Waals surface area (Å²) in [6, 6.07) is 0. The van der Waals surface area contributed by atoms with E-state index in [2.05, 4.69) is 0 Å². The van der Waals surface area contributed by atoms with Crippen molar-refractivity contribution in [1.29, 1.82) is 0 Å². The molecule has 0 spiro atoms. The third-order valence-corrected chi connectivity index (χ3v) is 5.41. The molecule has 0 aromatic heterocycles. The molecule has 0 bridgehead atoms. The van der Waals surface area contributed by atoms with Gasteiger partial charge in [-0.2, -0.15) is 0 Å². The Morgan fingerprint density at radius 3 is 2.79 bits per heavy atom. The van der Waals surface area contributed by atoms with Crippen molar-refractivity contribution in [2.45, 2.75) is 30.9 Å². The average Bonchev–Trinajstić information content (AvgIpc) is 2.19. The van der Waals surface area contributed by atoms with Gasteiger partial charge in [-0.15, -0.1) is 0 Å². The van der Waals surface area contributed by atoms with Crippen LogP contribution in [0.3, 0.4) is 0 Å². The molecule has 1 saturated carbocycles. The molecule has 3 nitrogen and oxygen atoms in total. The Hall–Kier alpha value is 0.130. The highest BCUT2D eigenvalue weighted by Crippen LogP contribution is 2.39. The number of carboxylic acid groups (broad SMARTS) is 1. The van der Waals surface area contributed by atoms with Crippen LogP contribution >= 0.6 is 21.6 Å². The fourth-order valence-electron chi connectivity index (χ4n) is 1.68. The minimum atomic E-state index is -0.629. The van der Waals surface area contributed by atoms with Crippen molar-refractivity contribution < 1.29 is 9.90 Å². The summed E-state index contributed by atoms with van der Waals surface area (Å²) in [5, 5.41) is 9.31. The van der Waals surface area contributed by atoms with Gasteiger partial charge in [-0.25, -0.2) is 0 Å². The van der Waals surface area contributed by atoms with E-state index >= 15 is 0 Å². The molecule has 0 amide bonds. The van der Waals surface area contributed by atoms with E-state index in [0.29, 0.717) is 6.54 Å². The molecule has 0 saturated heterocycles. The molecule has 3 N–H and O–H groups in total. The zero-order valence-corrected chi connectivity index (χ0v) is 9.78. The molecule has 1 aliphatic carbocycles. The topological polar surface area (TPSA) is 63.3 Å². The molecule has 0 aliphatic heterocycles. The molecule has 5 heteroatoms. The van der Waals surface area contributed by atoms with Crippen molar-refractivity contribution in [2.75, 3.05) is 12.3 Å². The lowest BCUT2D eigenvalue weighted by Gasteiger charge is -2.27. The lowest BCUT2D eigenvalue weighted by atomic mass is 9.89. The van der Waals surface area contributed by atoms with Gasteiger partial charge in [-0.05, 0) is 12.8 Å². The van der Waals surface area contributed by atoms with Crippen molar-refractivity contribution in [2.24, 2.45) is 11.7 Å². The molecule has 0 heterocycles. The lowest BCUT2D eigenvalue weighted by Crippen LogP contribution is -2.28. The first kappa shape index (κ1) is 12.2. The number of nitrogens with two attached hydrogens (primary N) is 1. The summed E-state index contributed by atoms with van der Waals surface area (Å²) in [5.41, 5.74) is 5.39. The number of aliphatic carboxylic acids is 1. The van der Waals surface area contributed by atoms with Crippen LogP contribution in [0.2, 0.25) is 0 Å². The van der Waals surface area contributed by atoms with Gasteiger partial charge < -0.3 is 10.8 Å². The number of hydrogen-bond acceptors (Lipinski definition) is 4. The monoisotopic (exact) mass is 235 g/mol. The van der Waals surface area contributed by atoms with Gasteiger partial charge >= 0.3 is 5.97 Å². The first-order chi connectivity index (χ1) is 6.75. The summed E-state index contributed by atoms with van der Waals surface area (Å²) >= 11 is 0. The van der Waals surface area contributed by atoms with Crippen LogP contribution in [0.1, 0.15) is 25.7 Å². The average molecular weight is 235 g/mol. The van der Waals surface area contributed by atoms with Gasteiger partial charge in [0.25, 0.3) is 0 Å². The Morgan fingerprint density at radius 2 is 2.14 bits per heavy atom. The molecule has 82 valence electrons. The standard InChI is InChI=1S/C9H17NO2S2/c10-5-6-13-14-8-4-2-1-3-7(8)9(11)12/h7-8H,1-6,10H2,(H,11,12)/t7-,8-/m0/s1. The molecular formula is C9H17NO2S2. The van der Waals surface area contributed by atoms with E-state index in [4.69, 9.17) is 10.8 Å². The maximum Gasteiger partial charge on any atom is 0.307 e. The van der Waals surface area contributed by atoms with Gasteiger partial charge in [0.15, 0.2) is 0 Å². The van der Waals surface area contributed by atoms with Crippen molar-refractivity contribution in [1.82, 2.24) is 0 Å². The van der Waals surface area contributed by atoms with Crippen LogP contribution < -0.4 is 5.73 Å². The van der Waals surface area contributed by atoms with Crippen LogP contribution in [0, 0.1) is 5.92 Å². The molecule has 1 rings (SSSR count). The van der Waals surface area contributed by atoms with E-state index < -0.39 is 5.97 Å². The van der Waals surface area contributed by atoms with Crippen LogP contribution in [0.4, 0.5) is 0 Å². The number of carbonyl (C=O) groups is 1. The number of hydrogen-bond donors (Lipinski definition) is 2. The van der Waals surface area contributed by atoms with Crippen LogP contribution in [-0.2, 0) is 4.79 Å². The summed E-state index contributed by atoms with van der Waals surface area (Å²) in [4.78, 5) is 11.0. The normalized spacial score (nSPS) is 27.5. The summed E-state index contributed by atoms with van der Waals surface area (Å²) in [6.45, 7) is 0.669. The van der Waals surface area contributed by atoms with Gasteiger partial charge in [-0.3, -0.25) is 4.79 Å². The highest BCUT2D eigenvalue weighted by Gasteiger charge is 2.31. The van der Waals surface area contributed by atoms with Gasteiger partial charge in [-0.1, -0.05) is 34.4 Å². The van der Waals surface area contributed by atoms with Crippen LogP contribution in [0.15, 0.2) is 0 Å². The highest BCUT2D eigenvalue weighted by atomic mass is 33.1. The zero-order chi connectivity index (χ0) is 10.4. The predicted molar refractivity (Wildman–Crippen MR) is 62.5 cm³/mol. The minimum Gasteiger partial charge on any atom is -0.481 e. The Balaban J connectivity index is 2.34. The molecule has 0 aromatic rings. The first-order valence-electron chi connectivity index (χ1n) is 4.97. The SMILES string of the molecule is NCCSS[C@H]1CCCC[C@@H]1C(=O)O. The molecule has 0 radical (unpaired) electrons. The Kier molecular flexibility index (Phi) is 5.74. The molecule has 2 atom stereocenters. The van der Waals surface area contributed by atoms with Crippen LogP contribution in [0.5, 0.6) is 0 Å². The van der Waals surface area contributed by atoms with Crippen molar-refractivity contribution >= 4 is 27.6 Å². The summed E-state index contributed by atoms with van der Waals surface area (Å²) < 4.78 is 0. The van der Waals surface area contributed by atoms with E-state index in [0.717, 1.165) is 25.0 Å². The van der Waals surface area contributed by atoms with E-state index in [-0.39, 0.29) is 11.2 Å². The summed E-state index contributed by atoms with van der Waals surface area (Å²) in [7, 11) is 3.42. The van der Waals surface area contributed by atoms with Gasteiger partial charge in [0.2, 0.25) is 0 Å². The molecule has 14 heavy (non-hydrogen) atoms. The molecule has 1 fully saturated rings. The minimum absolute atomic E-state index is 0.140. The zero-order valence-electron chi connectivity index (χ0n) is 8.15. The fourth-order valence-corrected chi connectivity index (χ4v) is 4.49. The molecule has 0 unspecified atom stereocenters. The maximum absolute atomic E-state index is 11.0. The Morgan fingerprint density at radius 1 is 1.43 bits per heavy atom. The second-order valence-electron chi connectivity index (χ2n) is 3.47. The predicted octanol–water partition coefficient (Wildman–Crippen LogP) is 1.97. The molecule has 1 aliphatic rings. The van der Waals surface area contributed by atoms with Crippen LogP contribution in [-0.4, -0.2) is 28.6 Å². The summed E-state index contributed by atoms with van der Waals surface area (Å²) in [5.74, 6) is 0.141. The molecule has 0 aromatic carbocycles. The van der Waals surface area contributed by atoms with Crippen molar-refractivity contribution in [3.63, 3.8) is 0 Å². The van der Waals surface area contributed by atoms with E-state index in [9.17, 15) is 4.79 Å². The third-order valence-electron chi connectivity index (χ3n) is 2.41. The van der Waals surface area contributed by atoms with Crippen molar-refractivity contribution in [3.8, 4) is 0 Å². The largest absolute Gasteiger partial charge is 0.481 e. The number of carboxylic acids is 1. The Labute approximate surface area is 92.6 Å². The lowest BCUT2D eigenvalue weighted by molar-refractivity contribution is -0.142. The van der Waals surface area contributed by atoms with Crippen LogP contribution in [0.25, 0.3) is 0 Å².